The molecule has 0 saturated carbocycles. The van der Waals surface area contributed by atoms with Crippen molar-refractivity contribution in [2.45, 2.75) is 32.4 Å². The van der Waals surface area contributed by atoms with Gasteiger partial charge in [-0.2, -0.15) is 0 Å². The molecule has 15 nitrogen and oxygen atoms in total. The molecular formula is C41H47ClN6O9. The van der Waals surface area contributed by atoms with Crippen LogP contribution < -0.4 is 26.0 Å². The molecule has 0 bridgehead atoms. The highest BCUT2D eigenvalue weighted by Crippen LogP contribution is 2.33. The van der Waals surface area contributed by atoms with Crippen LogP contribution in [0.2, 0.25) is 5.02 Å². The van der Waals surface area contributed by atoms with Crippen LogP contribution in [0.3, 0.4) is 0 Å². The van der Waals surface area contributed by atoms with Crippen LogP contribution in [0.4, 0.5) is 11.4 Å². The van der Waals surface area contributed by atoms with Gasteiger partial charge in [0.25, 0.3) is 11.8 Å². The summed E-state index contributed by atoms with van der Waals surface area (Å²) in [4.78, 5) is 66.6. The maximum atomic E-state index is 13.2. The molecule has 302 valence electrons. The lowest BCUT2D eigenvalue weighted by molar-refractivity contribution is -0.136. The van der Waals surface area contributed by atoms with E-state index in [1.807, 2.05) is 13.0 Å². The number of amides is 4. The predicted octanol–water partition coefficient (Wildman–Crippen LogP) is 3.70. The number of imide groups is 2. The quantitative estimate of drug-likeness (QED) is 0.0512. The molecule has 3 aromatic carbocycles. The SMILES string of the molecule is CCOc1cc(O)c(C(=O)/C=C/c2ccc(NCCOCCOCCNc3cccc4c3C(=O)N(C3CCC(=O)NC3=O)C4=O)cc2Cl)cc1CN1CCNCC1. The van der Waals surface area contributed by atoms with Crippen molar-refractivity contribution < 1.29 is 43.3 Å². The minimum Gasteiger partial charge on any atom is -0.507 e. The second-order valence-electron chi connectivity index (χ2n) is 13.6. The molecule has 0 aliphatic carbocycles. The average Bonchev–Trinajstić information content (AvgIpc) is 3.45. The van der Waals surface area contributed by atoms with Crippen molar-refractivity contribution in [1.82, 2.24) is 20.4 Å². The summed E-state index contributed by atoms with van der Waals surface area (Å²) in [5.74, 6) is -2.13. The molecule has 3 aliphatic rings. The van der Waals surface area contributed by atoms with Crippen molar-refractivity contribution in [3.8, 4) is 11.5 Å². The molecule has 5 N–H and O–H groups in total. The zero-order chi connectivity index (χ0) is 40.3. The summed E-state index contributed by atoms with van der Waals surface area (Å²) in [6.07, 6.45) is 3.18. The minimum absolute atomic E-state index is 0.0544. The van der Waals surface area contributed by atoms with Crippen LogP contribution in [0.1, 0.15) is 62.0 Å². The number of piperidine rings is 1. The molecule has 2 saturated heterocycles. The first kappa shape index (κ1) is 41.3. The number of ether oxygens (including phenoxy) is 3. The summed E-state index contributed by atoms with van der Waals surface area (Å²) in [7, 11) is 0. The van der Waals surface area contributed by atoms with Crippen molar-refractivity contribution in [2.75, 3.05) is 82.9 Å². The van der Waals surface area contributed by atoms with Gasteiger partial charge < -0.3 is 35.3 Å². The number of fused-ring (bicyclic) bond motifs is 1. The molecule has 2 fully saturated rings. The third-order valence-electron chi connectivity index (χ3n) is 9.74. The van der Waals surface area contributed by atoms with Crippen molar-refractivity contribution in [3.63, 3.8) is 0 Å². The lowest BCUT2D eigenvalue weighted by Crippen LogP contribution is -2.54. The number of carbonyl (C=O) groups is 5. The molecule has 3 aromatic rings. The number of carbonyl (C=O) groups excluding carboxylic acids is 5. The van der Waals surface area contributed by atoms with Crippen LogP contribution >= 0.6 is 11.6 Å². The summed E-state index contributed by atoms with van der Waals surface area (Å²) >= 11 is 6.54. The topological polar surface area (TPSA) is 188 Å². The van der Waals surface area contributed by atoms with Crippen LogP contribution in [-0.4, -0.2) is 123 Å². The van der Waals surface area contributed by atoms with E-state index >= 15 is 0 Å². The Bertz CT molecular complexity index is 2020. The molecule has 16 heteroatoms. The molecule has 0 radical (unpaired) electrons. The highest BCUT2D eigenvalue weighted by atomic mass is 35.5. The van der Waals surface area contributed by atoms with E-state index in [1.165, 1.54) is 12.1 Å². The van der Waals surface area contributed by atoms with Gasteiger partial charge in [0.15, 0.2) is 5.78 Å². The smallest absolute Gasteiger partial charge is 0.264 e. The zero-order valence-electron chi connectivity index (χ0n) is 31.7. The molecule has 0 aromatic heterocycles. The summed E-state index contributed by atoms with van der Waals surface area (Å²) in [6, 6.07) is 12.5. The fourth-order valence-electron chi connectivity index (χ4n) is 6.87. The maximum absolute atomic E-state index is 13.2. The second kappa shape index (κ2) is 19.7. The number of anilines is 2. The van der Waals surface area contributed by atoms with Crippen molar-refractivity contribution in [2.24, 2.45) is 0 Å². The number of allylic oxidation sites excluding steroid dienone is 1. The third kappa shape index (κ3) is 10.4. The highest BCUT2D eigenvalue weighted by molar-refractivity contribution is 6.32. The summed E-state index contributed by atoms with van der Waals surface area (Å²) in [6.45, 7) is 8.79. The average molecular weight is 803 g/mol. The number of hydrogen-bond donors (Lipinski definition) is 5. The second-order valence-corrected chi connectivity index (χ2v) is 14.0. The Hall–Kier alpha value is -5.32. The molecule has 6 rings (SSSR count). The van der Waals surface area contributed by atoms with E-state index in [4.69, 9.17) is 25.8 Å². The minimum atomic E-state index is -1.03. The van der Waals surface area contributed by atoms with Gasteiger partial charge in [0.1, 0.15) is 17.5 Å². The van der Waals surface area contributed by atoms with Crippen LogP contribution in [-0.2, 0) is 25.6 Å². The first-order chi connectivity index (χ1) is 27.6. The van der Waals surface area contributed by atoms with Crippen molar-refractivity contribution in [1.29, 1.82) is 0 Å². The van der Waals surface area contributed by atoms with Gasteiger partial charge >= 0.3 is 0 Å². The van der Waals surface area contributed by atoms with Gasteiger partial charge in [-0.15, -0.1) is 0 Å². The fraction of sp³-hybridized carbons (Fsp3) is 0.390. The molecule has 57 heavy (non-hydrogen) atoms. The van der Waals surface area contributed by atoms with Gasteiger partial charge in [-0.05, 0) is 61.4 Å². The first-order valence-corrected chi connectivity index (χ1v) is 19.4. The third-order valence-corrected chi connectivity index (χ3v) is 10.1. The zero-order valence-corrected chi connectivity index (χ0v) is 32.5. The Morgan fingerprint density at radius 2 is 1.72 bits per heavy atom. The van der Waals surface area contributed by atoms with Crippen LogP contribution in [0.25, 0.3) is 6.08 Å². The number of phenolic OH excluding ortho intramolecular Hbond substituents is 1. The van der Waals surface area contributed by atoms with Gasteiger partial charge in [-0.25, -0.2) is 0 Å². The van der Waals surface area contributed by atoms with Gasteiger partial charge in [0.05, 0.1) is 49.7 Å². The number of hydrogen-bond acceptors (Lipinski definition) is 13. The van der Waals surface area contributed by atoms with E-state index in [-0.39, 0.29) is 41.1 Å². The number of aromatic hydroxyl groups is 1. The normalized spacial score (nSPS) is 17.2. The van der Waals surface area contributed by atoms with Crippen LogP contribution in [0.15, 0.2) is 54.6 Å². The molecule has 3 heterocycles. The molecule has 3 aliphatic heterocycles. The number of halogens is 1. The lowest BCUT2D eigenvalue weighted by Gasteiger charge is -2.28. The molecule has 4 amide bonds. The Labute approximate surface area is 335 Å². The van der Waals surface area contributed by atoms with E-state index in [1.54, 1.807) is 42.5 Å². The number of phenols is 1. The highest BCUT2D eigenvalue weighted by Gasteiger charge is 2.45. The van der Waals surface area contributed by atoms with Gasteiger partial charge in [-0.3, -0.25) is 39.1 Å². The largest absolute Gasteiger partial charge is 0.507 e. The molecule has 1 atom stereocenters. The lowest BCUT2D eigenvalue weighted by atomic mass is 10.0. The number of piperazine rings is 1. The number of nitrogens with zero attached hydrogens (tertiary/aromatic N) is 2. The predicted molar refractivity (Wildman–Crippen MR) is 214 cm³/mol. The summed E-state index contributed by atoms with van der Waals surface area (Å²) < 4.78 is 17.1. The maximum Gasteiger partial charge on any atom is 0.264 e. The Morgan fingerprint density at radius 3 is 2.44 bits per heavy atom. The first-order valence-electron chi connectivity index (χ1n) is 19.1. The summed E-state index contributed by atoms with van der Waals surface area (Å²) in [5.41, 5.74) is 3.34. The van der Waals surface area contributed by atoms with Gasteiger partial charge in [0.2, 0.25) is 11.8 Å². The molecule has 0 spiro atoms. The molecular weight excluding hydrogens is 756 g/mol. The van der Waals surface area contributed by atoms with Gasteiger partial charge in [-0.1, -0.05) is 23.7 Å². The van der Waals surface area contributed by atoms with E-state index < -0.39 is 29.7 Å². The number of nitrogens with one attached hydrogen (secondary N) is 4. The number of ketones is 1. The van der Waals surface area contributed by atoms with E-state index in [2.05, 4.69) is 26.2 Å². The Kier molecular flexibility index (Phi) is 14.3. The van der Waals surface area contributed by atoms with E-state index in [9.17, 15) is 29.1 Å². The molecule has 1 unspecified atom stereocenters. The van der Waals surface area contributed by atoms with Crippen LogP contribution in [0, 0.1) is 0 Å². The Morgan fingerprint density at radius 1 is 0.965 bits per heavy atom. The van der Waals surface area contributed by atoms with Crippen LogP contribution in [0.5, 0.6) is 11.5 Å². The standard InChI is InChI=1S/C41H47ClN6O9/c1-2-57-36-24-35(50)30(22-27(36)25-47-16-12-43-13-17-47)34(49)10-7-26-6-8-28(23-31(26)42)44-14-18-55-20-21-56-19-15-45-32-5-3-4-29-38(32)41(54)48(40(29)53)33-9-11-37(51)46-39(33)52/h3-8,10,22-24,33,43-45,50H,2,9,11-21,25H2,1H3,(H,46,51,52)/b10-7+. The number of rotatable bonds is 19. The fourth-order valence-corrected chi connectivity index (χ4v) is 7.12. The summed E-state index contributed by atoms with van der Waals surface area (Å²) in [5, 5.41) is 23.1. The Balaban J connectivity index is 0.891. The van der Waals surface area contributed by atoms with Crippen molar-refractivity contribution in [3.05, 3.63) is 87.4 Å². The monoisotopic (exact) mass is 802 g/mol. The van der Waals surface area contributed by atoms with E-state index in [0.717, 1.165) is 42.3 Å². The number of benzene rings is 3. The van der Waals surface area contributed by atoms with Crippen molar-refractivity contribution >= 4 is 58.5 Å². The van der Waals surface area contributed by atoms with Gasteiger partial charge in [0, 0.05) is 80.3 Å². The van der Waals surface area contributed by atoms with E-state index in [0.29, 0.717) is 74.7 Å².